The van der Waals surface area contributed by atoms with E-state index in [1.54, 1.807) is 9.36 Å². The maximum Gasteiger partial charge on any atom is 0.234 e. The number of piperazine rings is 1. The van der Waals surface area contributed by atoms with Crippen molar-refractivity contribution in [2.24, 2.45) is 7.05 Å². The quantitative estimate of drug-likeness (QED) is 0.796. The van der Waals surface area contributed by atoms with Crippen LogP contribution in [0.3, 0.4) is 0 Å². The Bertz CT molecular complexity index is 630. The van der Waals surface area contributed by atoms with E-state index in [1.165, 1.54) is 0 Å². The molecular formula is C12H17N7O. The molecule has 1 saturated heterocycles. The Morgan fingerprint density at radius 2 is 2.30 bits per heavy atom. The second-order valence-electron chi connectivity index (χ2n) is 4.98. The highest BCUT2D eigenvalue weighted by atomic mass is 16.2. The molecule has 2 aromatic rings. The number of carbonyl (C=O) groups excluding carboxylic acids is 1. The van der Waals surface area contributed by atoms with Gasteiger partial charge in [0.05, 0.1) is 24.1 Å². The first-order valence-corrected chi connectivity index (χ1v) is 6.53. The molecule has 20 heavy (non-hydrogen) atoms. The van der Waals surface area contributed by atoms with Crippen LogP contribution in [-0.4, -0.2) is 55.2 Å². The predicted molar refractivity (Wildman–Crippen MR) is 71.1 cm³/mol. The van der Waals surface area contributed by atoms with Gasteiger partial charge in [-0.25, -0.2) is 4.68 Å². The molecule has 0 atom stereocenters. The van der Waals surface area contributed by atoms with Gasteiger partial charge in [-0.05, 0) is 6.92 Å². The molecule has 3 heterocycles. The van der Waals surface area contributed by atoms with Gasteiger partial charge in [0.25, 0.3) is 0 Å². The first-order valence-electron chi connectivity index (χ1n) is 6.53. The van der Waals surface area contributed by atoms with Crippen LogP contribution >= 0.6 is 0 Å². The molecule has 0 unspecified atom stereocenters. The highest BCUT2D eigenvalue weighted by molar-refractivity contribution is 5.78. The molecule has 106 valence electrons. The number of nitrogens with one attached hydrogen (secondary N) is 1. The van der Waals surface area contributed by atoms with E-state index in [0.29, 0.717) is 19.6 Å². The molecule has 1 fully saturated rings. The molecule has 0 spiro atoms. The van der Waals surface area contributed by atoms with Gasteiger partial charge in [-0.2, -0.15) is 5.10 Å². The lowest BCUT2D eigenvalue weighted by molar-refractivity contribution is -0.124. The summed E-state index contributed by atoms with van der Waals surface area (Å²) in [5, 5.41) is 15.4. The van der Waals surface area contributed by atoms with Crippen LogP contribution in [0.5, 0.6) is 0 Å². The number of amides is 1. The smallest absolute Gasteiger partial charge is 0.234 e. The average Bonchev–Trinajstić information content (AvgIpc) is 2.96. The molecule has 0 saturated carbocycles. The van der Waals surface area contributed by atoms with Crippen LogP contribution in [0, 0.1) is 6.92 Å². The number of carbonyl (C=O) groups is 1. The highest BCUT2D eigenvalue weighted by Crippen LogP contribution is 2.09. The average molecular weight is 275 g/mol. The molecule has 1 amide bonds. The van der Waals surface area contributed by atoms with Crippen LogP contribution in [0.2, 0.25) is 0 Å². The second-order valence-corrected chi connectivity index (χ2v) is 4.98. The Kier molecular flexibility index (Phi) is 3.23. The zero-order valence-corrected chi connectivity index (χ0v) is 11.6. The first kappa shape index (κ1) is 12.8. The molecule has 0 radical (unpaired) electrons. The van der Waals surface area contributed by atoms with E-state index in [4.69, 9.17) is 0 Å². The van der Waals surface area contributed by atoms with Crippen molar-refractivity contribution in [1.29, 1.82) is 0 Å². The molecule has 2 aromatic heterocycles. The molecule has 0 bridgehead atoms. The third kappa shape index (κ3) is 2.55. The van der Waals surface area contributed by atoms with Crippen LogP contribution in [0.15, 0.2) is 12.3 Å². The van der Waals surface area contributed by atoms with Crippen molar-refractivity contribution in [3.05, 3.63) is 23.7 Å². The SMILES string of the molecule is Cc1cc(-n2cc(CN3CCNC(=O)C3)nn2)n(C)n1. The van der Waals surface area contributed by atoms with Gasteiger partial charge in [-0.3, -0.25) is 14.4 Å². The van der Waals surface area contributed by atoms with E-state index in [1.807, 2.05) is 26.2 Å². The van der Waals surface area contributed by atoms with Crippen LogP contribution in [0.1, 0.15) is 11.4 Å². The summed E-state index contributed by atoms with van der Waals surface area (Å²) in [6.07, 6.45) is 1.88. The minimum Gasteiger partial charge on any atom is -0.354 e. The van der Waals surface area contributed by atoms with Gasteiger partial charge in [-0.1, -0.05) is 5.21 Å². The Labute approximate surface area is 116 Å². The number of aromatic nitrogens is 5. The minimum absolute atomic E-state index is 0.0610. The zero-order valence-electron chi connectivity index (χ0n) is 11.6. The van der Waals surface area contributed by atoms with Gasteiger partial charge >= 0.3 is 0 Å². The van der Waals surface area contributed by atoms with Gasteiger partial charge < -0.3 is 5.32 Å². The van der Waals surface area contributed by atoms with Gasteiger partial charge in [0, 0.05) is 32.7 Å². The fourth-order valence-electron chi connectivity index (χ4n) is 2.35. The van der Waals surface area contributed by atoms with Crippen LogP contribution in [0.4, 0.5) is 0 Å². The lowest BCUT2D eigenvalue weighted by atomic mass is 10.3. The van der Waals surface area contributed by atoms with Crippen LogP contribution < -0.4 is 5.32 Å². The van der Waals surface area contributed by atoms with Crippen LogP contribution in [-0.2, 0) is 18.4 Å². The lowest BCUT2D eigenvalue weighted by Crippen LogP contribution is -2.47. The third-order valence-electron chi connectivity index (χ3n) is 3.26. The Hall–Kier alpha value is -2.22. The fraction of sp³-hybridized carbons (Fsp3) is 0.500. The van der Waals surface area contributed by atoms with Gasteiger partial charge in [-0.15, -0.1) is 5.10 Å². The predicted octanol–water partition coefficient (Wildman–Crippen LogP) is -0.759. The summed E-state index contributed by atoms with van der Waals surface area (Å²) < 4.78 is 3.47. The van der Waals surface area contributed by atoms with Gasteiger partial charge in [0.2, 0.25) is 5.91 Å². The normalized spacial score (nSPS) is 16.4. The Balaban J connectivity index is 1.73. The zero-order chi connectivity index (χ0) is 14.1. The number of hydrogen-bond donors (Lipinski definition) is 1. The molecule has 0 aliphatic carbocycles. The maximum absolute atomic E-state index is 11.3. The van der Waals surface area contributed by atoms with Crippen molar-refractivity contribution in [3.63, 3.8) is 0 Å². The molecule has 0 aromatic carbocycles. The highest BCUT2D eigenvalue weighted by Gasteiger charge is 2.17. The summed E-state index contributed by atoms with van der Waals surface area (Å²) in [4.78, 5) is 13.4. The largest absolute Gasteiger partial charge is 0.354 e. The molecule has 1 aliphatic rings. The molecule has 1 N–H and O–H groups in total. The fourth-order valence-corrected chi connectivity index (χ4v) is 2.35. The van der Waals surface area contributed by atoms with Crippen molar-refractivity contribution in [2.45, 2.75) is 13.5 Å². The molecule has 3 rings (SSSR count). The molecular weight excluding hydrogens is 258 g/mol. The Morgan fingerprint density at radius 3 is 3.00 bits per heavy atom. The number of aryl methyl sites for hydroxylation is 2. The summed E-state index contributed by atoms with van der Waals surface area (Å²) in [5.41, 5.74) is 1.78. The monoisotopic (exact) mass is 275 g/mol. The van der Waals surface area contributed by atoms with Crippen molar-refractivity contribution in [1.82, 2.24) is 35.0 Å². The van der Waals surface area contributed by atoms with Crippen molar-refractivity contribution >= 4 is 5.91 Å². The lowest BCUT2D eigenvalue weighted by Gasteiger charge is -2.25. The third-order valence-corrected chi connectivity index (χ3v) is 3.26. The van der Waals surface area contributed by atoms with E-state index in [-0.39, 0.29) is 5.91 Å². The van der Waals surface area contributed by atoms with E-state index in [0.717, 1.165) is 23.8 Å². The topological polar surface area (TPSA) is 80.9 Å². The van der Waals surface area contributed by atoms with Gasteiger partial charge in [0.15, 0.2) is 5.82 Å². The molecule has 8 heteroatoms. The molecule has 8 nitrogen and oxygen atoms in total. The van der Waals surface area contributed by atoms with Crippen molar-refractivity contribution in [2.75, 3.05) is 19.6 Å². The minimum atomic E-state index is 0.0610. The first-order chi connectivity index (χ1) is 9.61. The van der Waals surface area contributed by atoms with E-state index < -0.39 is 0 Å². The molecule has 1 aliphatic heterocycles. The second kappa shape index (κ2) is 5.04. The van der Waals surface area contributed by atoms with E-state index in [2.05, 4.69) is 25.6 Å². The van der Waals surface area contributed by atoms with Crippen molar-refractivity contribution in [3.8, 4) is 5.82 Å². The summed E-state index contributed by atoms with van der Waals surface area (Å²) in [5.74, 6) is 0.934. The van der Waals surface area contributed by atoms with E-state index >= 15 is 0 Å². The maximum atomic E-state index is 11.3. The number of nitrogens with zero attached hydrogens (tertiary/aromatic N) is 6. The van der Waals surface area contributed by atoms with Gasteiger partial charge in [0.1, 0.15) is 0 Å². The summed E-state index contributed by atoms with van der Waals surface area (Å²) in [6, 6.07) is 1.95. The Morgan fingerprint density at radius 1 is 1.45 bits per heavy atom. The summed E-state index contributed by atoms with van der Waals surface area (Å²) in [6.45, 7) is 4.51. The standard InChI is InChI=1S/C12H17N7O/c1-9-5-12(17(2)15-9)19-7-10(14-16-19)6-18-4-3-13-11(20)8-18/h5,7H,3-4,6,8H2,1-2H3,(H,13,20). The summed E-state index contributed by atoms with van der Waals surface area (Å²) in [7, 11) is 1.87. The number of hydrogen-bond acceptors (Lipinski definition) is 5. The van der Waals surface area contributed by atoms with Crippen LogP contribution in [0.25, 0.3) is 5.82 Å². The van der Waals surface area contributed by atoms with E-state index in [9.17, 15) is 4.79 Å². The van der Waals surface area contributed by atoms with Crippen molar-refractivity contribution < 1.29 is 4.79 Å². The number of rotatable bonds is 3. The summed E-state index contributed by atoms with van der Waals surface area (Å²) >= 11 is 0.